The first-order valence-electron chi connectivity index (χ1n) is 6.94. The molecule has 1 aliphatic rings. The lowest BCUT2D eigenvalue weighted by Crippen LogP contribution is -2.46. The molecule has 1 rings (SSSR count). The van der Waals surface area contributed by atoms with Crippen LogP contribution in [0.2, 0.25) is 0 Å². The van der Waals surface area contributed by atoms with Crippen molar-refractivity contribution in [1.29, 1.82) is 0 Å². The molecule has 0 aromatic heterocycles. The minimum absolute atomic E-state index is 0.116. The van der Waals surface area contributed by atoms with Gasteiger partial charge in [-0.3, -0.25) is 4.79 Å². The standard InChI is InChI=1S/C13H23ClN2O3/c1-2-3-4-12(17)15-11-5-8-16(9-6-11)13(18)19-10-7-14/h11H,2-10H2,1H3,(H,15,17). The van der Waals surface area contributed by atoms with Crippen molar-refractivity contribution < 1.29 is 14.3 Å². The fourth-order valence-corrected chi connectivity index (χ4v) is 2.14. The summed E-state index contributed by atoms with van der Waals surface area (Å²) in [6, 6.07) is 0.182. The first-order valence-corrected chi connectivity index (χ1v) is 7.47. The molecular formula is C13H23ClN2O3. The summed E-state index contributed by atoms with van der Waals surface area (Å²) >= 11 is 5.46. The van der Waals surface area contributed by atoms with Crippen LogP contribution in [0.15, 0.2) is 0 Å². The number of piperidine rings is 1. The molecule has 0 spiro atoms. The van der Waals surface area contributed by atoms with Crippen molar-refractivity contribution in [2.75, 3.05) is 25.6 Å². The predicted molar refractivity (Wildman–Crippen MR) is 74.3 cm³/mol. The minimum atomic E-state index is -0.309. The lowest BCUT2D eigenvalue weighted by molar-refractivity contribution is -0.122. The van der Waals surface area contributed by atoms with Gasteiger partial charge in [0.2, 0.25) is 5.91 Å². The molecule has 2 amide bonds. The first-order chi connectivity index (χ1) is 9.17. The molecule has 0 aliphatic carbocycles. The number of hydrogen-bond donors (Lipinski definition) is 1. The van der Waals surface area contributed by atoms with E-state index in [9.17, 15) is 9.59 Å². The number of carbonyl (C=O) groups excluding carboxylic acids is 2. The molecule has 1 N–H and O–H groups in total. The monoisotopic (exact) mass is 290 g/mol. The highest BCUT2D eigenvalue weighted by atomic mass is 35.5. The Kier molecular flexibility index (Phi) is 7.63. The number of halogens is 1. The summed E-state index contributed by atoms with van der Waals surface area (Å²) in [6.07, 6.45) is 3.81. The Labute approximate surface area is 119 Å². The summed E-state index contributed by atoms with van der Waals surface area (Å²) in [5.41, 5.74) is 0. The summed E-state index contributed by atoms with van der Waals surface area (Å²) in [5.74, 6) is 0.431. The highest BCUT2D eigenvalue weighted by molar-refractivity contribution is 6.18. The van der Waals surface area contributed by atoms with Gasteiger partial charge in [0.25, 0.3) is 0 Å². The van der Waals surface area contributed by atoms with Gasteiger partial charge >= 0.3 is 6.09 Å². The Bertz CT molecular complexity index is 292. The Morgan fingerprint density at radius 3 is 2.63 bits per heavy atom. The number of unbranched alkanes of at least 4 members (excludes halogenated alkanes) is 1. The van der Waals surface area contributed by atoms with Crippen LogP contribution in [-0.2, 0) is 9.53 Å². The molecule has 0 aromatic carbocycles. The van der Waals surface area contributed by atoms with Crippen LogP contribution in [0.4, 0.5) is 4.79 Å². The lowest BCUT2D eigenvalue weighted by Gasteiger charge is -2.31. The van der Waals surface area contributed by atoms with Gasteiger partial charge in [-0.05, 0) is 19.3 Å². The Balaban J connectivity index is 2.21. The van der Waals surface area contributed by atoms with Crippen LogP contribution < -0.4 is 5.32 Å². The summed E-state index contributed by atoms with van der Waals surface area (Å²) in [6.45, 7) is 3.56. The van der Waals surface area contributed by atoms with Crippen LogP contribution in [0.3, 0.4) is 0 Å². The second kappa shape index (κ2) is 9.02. The van der Waals surface area contributed by atoms with Gasteiger partial charge in [0, 0.05) is 25.6 Å². The number of ether oxygens (including phenoxy) is 1. The van der Waals surface area contributed by atoms with Gasteiger partial charge in [0.15, 0.2) is 0 Å². The largest absolute Gasteiger partial charge is 0.448 e. The van der Waals surface area contributed by atoms with E-state index in [1.807, 2.05) is 0 Å². The molecule has 5 nitrogen and oxygen atoms in total. The molecular weight excluding hydrogens is 268 g/mol. The number of nitrogens with one attached hydrogen (secondary N) is 1. The second-order valence-electron chi connectivity index (χ2n) is 4.74. The van der Waals surface area contributed by atoms with Crippen LogP contribution in [0.25, 0.3) is 0 Å². The number of nitrogens with zero attached hydrogens (tertiary/aromatic N) is 1. The van der Waals surface area contributed by atoms with Gasteiger partial charge in [-0.15, -0.1) is 11.6 Å². The molecule has 1 aliphatic heterocycles. The van der Waals surface area contributed by atoms with Crippen molar-refractivity contribution in [3.05, 3.63) is 0 Å². The van der Waals surface area contributed by atoms with Crippen LogP contribution in [-0.4, -0.2) is 48.5 Å². The number of likely N-dealkylation sites (tertiary alicyclic amines) is 1. The van der Waals surface area contributed by atoms with E-state index in [2.05, 4.69) is 12.2 Å². The van der Waals surface area contributed by atoms with E-state index in [-0.39, 0.29) is 24.6 Å². The lowest BCUT2D eigenvalue weighted by atomic mass is 10.1. The minimum Gasteiger partial charge on any atom is -0.448 e. The Morgan fingerprint density at radius 2 is 2.05 bits per heavy atom. The number of rotatable bonds is 6. The van der Waals surface area contributed by atoms with Gasteiger partial charge in [0.05, 0.1) is 5.88 Å². The molecule has 0 radical (unpaired) electrons. The zero-order valence-corrected chi connectivity index (χ0v) is 12.2. The van der Waals surface area contributed by atoms with Crippen molar-refractivity contribution in [3.8, 4) is 0 Å². The quantitative estimate of drug-likeness (QED) is 0.763. The molecule has 0 saturated carbocycles. The van der Waals surface area contributed by atoms with E-state index >= 15 is 0 Å². The van der Waals surface area contributed by atoms with Crippen LogP contribution in [0, 0.1) is 0 Å². The van der Waals surface area contributed by atoms with E-state index in [0.29, 0.717) is 25.4 Å². The summed E-state index contributed by atoms with van der Waals surface area (Å²) in [5, 5.41) is 3.02. The van der Waals surface area contributed by atoms with Gasteiger partial charge < -0.3 is 15.0 Å². The van der Waals surface area contributed by atoms with Crippen molar-refractivity contribution >= 4 is 23.6 Å². The third kappa shape index (κ3) is 6.14. The van der Waals surface area contributed by atoms with Crippen molar-refractivity contribution in [2.45, 2.75) is 45.1 Å². The molecule has 1 fully saturated rings. The zero-order valence-electron chi connectivity index (χ0n) is 11.5. The summed E-state index contributed by atoms with van der Waals surface area (Å²) in [7, 11) is 0. The normalized spacial score (nSPS) is 16.2. The topological polar surface area (TPSA) is 58.6 Å². The molecule has 0 unspecified atom stereocenters. The van der Waals surface area contributed by atoms with Crippen molar-refractivity contribution in [1.82, 2.24) is 10.2 Å². The van der Waals surface area contributed by atoms with E-state index in [1.54, 1.807) is 4.90 Å². The van der Waals surface area contributed by atoms with Crippen LogP contribution in [0.1, 0.15) is 39.0 Å². The average Bonchev–Trinajstić information content (AvgIpc) is 2.43. The highest BCUT2D eigenvalue weighted by Gasteiger charge is 2.24. The zero-order chi connectivity index (χ0) is 14.1. The van der Waals surface area contributed by atoms with Crippen molar-refractivity contribution in [2.24, 2.45) is 0 Å². The van der Waals surface area contributed by atoms with Gasteiger partial charge in [-0.2, -0.15) is 0 Å². The number of hydrogen-bond acceptors (Lipinski definition) is 3. The van der Waals surface area contributed by atoms with Gasteiger partial charge in [-0.1, -0.05) is 13.3 Å². The van der Waals surface area contributed by atoms with E-state index in [0.717, 1.165) is 25.7 Å². The van der Waals surface area contributed by atoms with Crippen LogP contribution in [0.5, 0.6) is 0 Å². The smallest absolute Gasteiger partial charge is 0.409 e. The molecule has 110 valence electrons. The van der Waals surface area contributed by atoms with Crippen molar-refractivity contribution in [3.63, 3.8) is 0 Å². The van der Waals surface area contributed by atoms with Crippen LogP contribution >= 0.6 is 11.6 Å². The second-order valence-corrected chi connectivity index (χ2v) is 5.11. The molecule has 1 heterocycles. The van der Waals surface area contributed by atoms with E-state index in [4.69, 9.17) is 16.3 Å². The number of carbonyl (C=O) groups is 2. The molecule has 0 bridgehead atoms. The van der Waals surface area contributed by atoms with Gasteiger partial charge in [0.1, 0.15) is 6.61 Å². The summed E-state index contributed by atoms with van der Waals surface area (Å²) in [4.78, 5) is 24.8. The maximum atomic E-state index is 11.6. The fourth-order valence-electron chi connectivity index (χ4n) is 2.06. The Hall–Kier alpha value is -0.970. The maximum Gasteiger partial charge on any atom is 0.409 e. The molecule has 0 aromatic rings. The third-order valence-electron chi connectivity index (χ3n) is 3.18. The van der Waals surface area contributed by atoms with E-state index < -0.39 is 0 Å². The molecule has 6 heteroatoms. The highest BCUT2D eigenvalue weighted by Crippen LogP contribution is 2.12. The average molecular weight is 291 g/mol. The van der Waals surface area contributed by atoms with Gasteiger partial charge in [-0.25, -0.2) is 4.79 Å². The fraction of sp³-hybridized carbons (Fsp3) is 0.846. The summed E-state index contributed by atoms with van der Waals surface area (Å²) < 4.78 is 4.97. The Morgan fingerprint density at radius 1 is 1.37 bits per heavy atom. The SMILES string of the molecule is CCCCC(=O)NC1CCN(C(=O)OCCCl)CC1. The third-order valence-corrected chi connectivity index (χ3v) is 3.33. The molecule has 19 heavy (non-hydrogen) atoms. The van der Waals surface area contributed by atoms with E-state index in [1.165, 1.54) is 0 Å². The number of amides is 2. The molecule has 1 saturated heterocycles. The first kappa shape index (κ1) is 16.1. The number of alkyl halides is 1. The maximum absolute atomic E-state index is 11.6. The molecule has 0 atom stereocenters. The predicted octanol–water partition coefficient (Wildman–Crippen LogP) is 2.13.